The van der Waals surface area contributed by atoms with Gasteiger partial charge >= 0.3 is 0 Å². The molecule has 0 atom stereocenters. The molecule has 0 radical (unpaired) electrons. The van der Waals surface area contributed by atoms with Crippen molar-refractivity contribution in [1.29, 1.82) is 0 Å². The highest BCUT2D eigenvalue weighted by Gasteiger charge is 2.07. The molecule has 82 valence electrons. The van der Waals surface area contributed by atoms with Crippen molar-refractivity contribution in [3.8, 4) is 0 Å². The Hall–Kier alpha value is -1.59. The summed E-state index contributed by atoms with van der Waals surface area (Å²) in [6.07, 6.45) is 0. The van der Waals surface area contributed by atoms with E-state index in [1.54, 1.807) is 37.3 Å². The summed E-state index contributed by atoms with van der Waals surface area (Å²) in [5.74, 6) is 5.17. The largest absolute Gasteiger partial charge is 0.324 e. The van der Waals surface area contributed by atoms with Gasteiger partial charge in [-0.25, -0.2) is 5.01 Å². The first-order valence-corrected chi connectivity index (χ1v) is 4.60. The Morgan fingerprint density at radius 2 is 2.07 bits per heavy atom. The number of anilines is 1. The topological polar surface area (TPSA) is 70.4 Å². The maximum Gasteiger partial charge on any atom is 0.265 e. The summed E-state index contributed by atoms with van der Waals surface area (Å²) in [4.78, 5) is 11.6. The average Bonchev–Trinajstić information content (AvgIpc) is 2.16. The average molecular weight is 208 g/mol. The molecule has 0 aromatic heterocycles. The number of aryl methyl sites for hydroxylation is 1. The maximum atomic E-state index is 11.6. The lowest BCUT2D eigenvalue weighted by Gasteiger charge is -2.12. The second-order valence-corrected chi connectivity index (χ2v) is 3.51. The third-order valence-corrected chi connectivity index (χ3v) is 1.97. The highest BCUT2D eigenvalue weighted by molar-refractivity contribution is 5.94. The molecule has 5 nitrogen and oxygen atoms in total. The Balaban J connectivity index is 2.87. The number of benzene rings is 1. The van der Waals surface area contributed by atoms with Crippen LogP contribution in [-0.2, 0) is 0 Å². The minimum absolute atomic E-state index is 0.133. The highest BCUT2D eigenvalue weighted by atomic mass is 16.2. The molecule has 5 heteroatoms. The van der Waals surface area contributed by atoms with Crippen LogP contribution in [0.3, 0.4) is 0 Å². The summed E-state index contributed by atoms with van der Waals surface area (Å²) in [7, 11) is 3.53. The van der Waals surface area contributed by atoms with Crippen molar-refractivity contribution >= 4 is 11.6 Å². The van der Waals surface area contributed by atoms with Gasteiger partial charge in [0.05, 0.1) is 5.69 Å². The highest BCUT2D eigenvalue weighted by Crippen LogP contribution is 2.14. The maximum absolute atomic E-state index is 11.6. The van der Waals surface area contributed by atoms with Crippen molar-refractivity contribution < 1.29 is 4.79 Å². The lowest BCUT2D eigenvalue weighted by atomic mass is 10.1. The number of hydrogen-bond acceptors (Lipinski definition) is 4. The molecule has 4 N–H and O–H groups in total. The van der Waals surface area contributed by atoms with Gasteiger partial charge in [-0.15, -0.1) is 0 Å². The van der Waals surface area contributed by atoms with E-state index in [1.165, 1.54) is 0 Å². The zero-order valence-corrected chi connectivity index (χ0v) is 9.16. The van der Waals surface area contributed by atoms with Gasteiger partial charge in [-0.1, -0.05) is 0 Å². The SMILES string of the molecule is Cc1cc(C(=O)NN(C)C)ccc1NN. The van der Waals surface area contributed by atoms with Crippen LogP contribution in [0.5, 0.6) is 0 Å². The van der Waals surface area contributed by atoms with Crippen LogP contribution in [0.4, 0.5) is 5.69 Å². The molecule has 0 fully saturated rings. The summed E-state index contributed by atoms with van der Waals surface area (Å²) >= 11 is 0. The molecule has 0 aliphatic heterocycles. The molecule has 0 spiro atoms. The Morgan fingerprint density at radius 3 is 2.53 bits per heavy atom. The number of hydrogen-bond donors (Lipinski definition) is 3. The van der Waals surface area contributed by atoms with Crippen molar-refractivity contribution in [2.24, 2.45) is 5.84 Å². The van der Waals surface area contributed by atoms with Crippen LogP contribution in [0.25, 0.3) is 0 Å². The normalized spacial score (nSPS) is 10.2. The molecule has 0 unspecified atom stereocenters. The van der Waals surface area contributed by atoms with Crippen LogP contribution in [0.15, 0.2) is 18.2 Å². The van der Waals surface area contributed by atoms with Crippen LogP contribution in [-0.4, -0.2) is 25.0 Å². The number of carbonyl (C=O) groups excluding carboxylic acids is 1. The third-order valence-electron chi connectivity index (χ3n) is 1.97. The Labute approximate surface area is 89.2 Å². The van der Waals surface area contributed by atoms with Crippen molar-refractivity contribution in [1.82, 2.24) is 10.4 Å². The molecule has 1 aromatic rings. The number of carbonyl (C=O) groups is 1. The van der Waals surface area contributed by atoms with E-state index in [1.807, 2.05) is 6.92 Å². The smallest absolute Gasteiger partial charge is 0.265 e. The number of amides is 1. The number of nitrogens with one attached hydrogen (secondary N) is 2. The second-order valence-electron chi connectivity index (χ2n) is 3.51. The third kappa shape index (κ3) is 2.93. The molecular weight excluding hydrogens is 192 g/mol. The first kappa shape index (κ1) is 11.5. The zero-order valence-electron chi connectivity index (χ0n) is 9.16. The van der Waals surface area contributed by atoms with Crippen LogP contribution in [0.1, 0.15) is 15.9 Å². The van der Waals surface area contributed by atoms with Gasteiger partial charge in [0.15, 0.2) is 0 Å². The predicted octanol–water partition coefficient (Wildman–Crippen LogP) is 0.487. The second kappa shape index (κ2) is 4.77. The summed E-state index contributed by atoms with van der Waals surface area (Å²) in [6, 6.07) is 5.29. The number of nitrogens with two attached hydrogens (primary N) is 1. The fourth-order valence-electron chi connectivity index (χ4n) is 1.23. The molecule has 1 amide bonds. The predicted molar refractivity (Wildman–Crippen MR) is 60.1 cm³/mol. The molecule has 0 aliphatic carbocycles. The minimum Gasteiger partial charge on any atom is -0.324 e. The zero-order chi connectivity index (χ0) is 11.4. The number of hydrazine groups is 2. The van der Waals surface area contributed by atoms with E-state index in [0.717, 1.165) is 11.3 Å². The molecule has 0 heterocycles. The van der Waals surface area contributed by atoms with Gasteiger partial charge in [0.2, 0.25) is 0 Å². The van der Waals surface area contributed by atoms with E-state index >= 15 is 0 Å². The van der Waals surface area contributed by atoms with Gasteiger partial charge in [0, 0.05) is 19.7 Å². The molecule has 0 saturated carbocycles. The lowest BCUT2D eigenvalue weighted by Crippen LogP contribution is -2.36. The fourth-order valence-corrected chi connectivity index (χ4v) is 1.23. The van der Waals surface area contributed by atoms with E-state index in [4.69, 9.17) is 5.84 Å². The van der Waals surface area contributed by atoms with Gasteiger partial charge in [-0.05, 0) is 30.7 Å². The summed E-state index contributed by atoms with van der Waals surface area (Å²) < 4.78 is 0. The Morgan fingerprint density at radius 1 is 1.40 bits per heavy atom. The summed E-state index contributed by atoms with van der Waals surface area (Å²) in [5, 5.41) is 1.60. The standard InChI is InChI=1S/C10H16N4O/c1-7-6-8(4-5-9(7)12-11)10(15)13-14(2)3/h4-6,12H,11H2,1-3H3,(H,13,15). The molecule has 1 aromatic carbocycles. The monoisotopic (exact) mass is 208 g/mol. The molecule has 0 bridgehead atoms. The first-order valence-electron chi connectivity index (χ1n) is 4.60. The number of nitrogens with zero attached hydrogens (tertiary/aromatic N) is 1. The lowest BCUT2D eigenvalue weighted by molar-refractivity contribution is 0.0857. The number of rotatable bonds is 3. The molecule has 0 saturated heterocycles. The van der Waals surface area contributed by atoms with Crippen LogP contribution >= 0.6 is 0 Å². The van der Waals surface area contributed by atoms with Gasteiger partial charge < -0.3 is 5.43 Å². The van der Waals surface area contributed by atoms with Crippen molar-refractivity contribution in [2.75, 3.05) is 19.5 Å². The quantitative estimate of drug-likeness (QED) is 0.499. The van der Waals surface area contributed by atoms with Gasteiger partial charge in [-0.2, -0.15) is 0 Å². The van der Waals surface area contributed by atoms with Crippen LogP contribution < -0.4 is 16.7 Å². The Bertz CT molecular complexity index is 362. The van der Waals surface area contributed by atoms with Crippen LogP contribution in [0, 0.1) is 6.92 Å². The molecule has 1 rings (SSSR count). The van der Waals surface area contributed by atoms with Gasteiger partial charge in [-0.3, -0.25) is 16.1 Å². The molecular formula is C10H16N4O. The molecule has 15 heavy (non-hydrogen) atoms. The number of nitrogen functional groups attached to an aromatic ring is 1. The van der Waals surface area contributed by atoms with Crippen LogP contribution in [0.2, 0.25) is 0 Å². The molecule has 0 aliphatic rings. The van der Waals surface area contributed by atoms with Crippen molar-refractivity contribution in [2.45, 2.75) is 6.92 Å². The summed E-state index contributed by atoms with van der Waals surface area (Å²) in [6.45, 7) is 1.89. The first-order chi connectivity index (χ1) is 7.04. The van der Waals surface area contributed by atoms with E-state index < -0.39 is 0 Å². The van der Waals surface area contributed by atoms with Crippen molar-refractivity contribution in [3.63, 3.8) is 0 Å². The van der Waals surface area contributed by atoms with E-state index in [2.05, 4.69) is 10.9 Å². The minimum atomic E-state index is -0.133. The summed E-state index contributed by atoms with van der Waals surface area (Å²) in [5.41, 5.74) is 7.59. The fraction of sp³-hybridized carbons (Fsp3) is 0.300. The van der Waals surface area contributed by atoms with E-state index in [9.17, 15) is 4.79 Å². The van der Waals surface area contributed by atoms with E-state index in [-0.39, 0.29) is 5.91 Å². The van der Waals surface area contributed by atoms with Crippen molar-refractivity contribution in [3.05, 3.63) is 29.3 Å². The van der Waals surface area contributed by atoms with Gasteiger partial charge in [0.25, 0.3) is 5.91 Å². The van der Waals surface area contributed by atoms with Gasteiger partial charge in [0.1, 0.15) is 0 Å². The van der Waals surface area contributed by atoms with E-state index in [0.29, 0.717) is 5.56 Å². The Kier molecular flexibility index (Phi) is 3.65.